The first-order valence-electron chi connectivity index (χ1n) is 12.3. The van der Waals surface area contributed by atoms with E-state index in [1.165, 1.54) is 11.8 Å². The van der Waals surface area contributed by atoms with Gasteiger partial charge in [-0.25, -0.2) is 0 Å². The van der Waals surface area contributed by atoms with Gasteiger partial charge in [0.15, 0.2) is 11.4 Å². The Hall–Kier alpha value is -2.82. The van der Waals surface area contributed by atoms with Gasteiger partial charge in [-0.15, -0.1) is 0 Å². The molecule has 0 aliphatic heterocycles. The standard InChI is InChI=1S/C27H34N2O7S/c1-26(2,3)11-29-9-13-5-14(10-37-4)21(31)19-16(13)7-12-6-15-8-17(30)20(25(28)35)24(34)27(15,36)23(33)18(12)22(19)32/h5,12,15,29,31-32,34,36H,6-11H2,1-4H3,(H2,28,35)/t12?,15?,27-/m0/s1. The van der Waals surface area contributed by atoms with Gasteiger partial charge in [-0.3, -0.25) is 14.4 Å². The molecule has 2 unspecified atom stereocenters. The Morgan fingerprint density at radius 2 is 1.86 bits per heavy atom. The smallest absolute Gasteiger partial charge is 0.255 e. The number of phenols is 1. The summed E-state index contributed by atoms with van der Waals surface area (Å²) in [6.45, 7) is 7.56. The molecule has 7 N–H and O–H groups in total. The molecule has 3 aliphatic carbocycles. The van der Waals surface area contributed by atoms with E-state index in [4.69, 9.17) is 5.73 Å². The van der Waals surface area contributed by atoms with Crippen LogP contribution in [-0.2, 0) is 33.1 Å². The predicted molar refractivity (Wildman–Crippen MR) is 140 cm³/mol. The highest BCUT2D eigenvalue weighted by Crippen LogP contribution is 2.52. The minimum atomic E-state index is -2.56. The Morgan fingerprint density at radius 3 is 2.46 bits per heavy atom. The van der Waals surface area contributed by atoms with Crippen LogP contribution in [0.15, 0.2) is 23.0 Å². The van der Waals surface area contributed by atoms with E-state index in [9.17, 15) is 34.8 Å². The minimum absolute atomic E-state index is 0.0430. The third-order valence-electron chi connectivity index (χ3n) is 7.51. The molecule has 0 spiro atoms. The van der Waals surface area contributed by atoms with Crippen molar-refractivity contribution in [3.63, 3.8) is 0 Å². The summed E-state index contributed by atoms with van der Waals surface area (Å²) in [6.07, 6.45) is 1.97. The van der Waals surface area contributed by atoms with Crippen molar-refractivity contribution in [1.82, 2.24) is 5.32 Å². The molecule has 4 rings (SSSR count). The average Bonchev–Trinajstić information content (AvgIpc) is 2.78. The fourth-order valence-electron chi connectivity index (χ4n) is 5.82. The lowest BCUT2D eigenvalue weighted by molar-refractivity contribution is -0.147. The molecule has 0 bridgehead atoms. The molecule has 1 saturated carbocycles. The number of benzene rings is 1. The first-order chi connectivity index (χ1) is 17.2. The number of primary amides is 1. The van der Waals surface area contributed by atoms with Crippen molar-refractivity contribution in [2.45, 2.75) is 57.9 Å². The van der Waals surface area contributed by atoms with E-state index in [1.807, 2.05) is 12.3 Å². The number of nitrogens with two attached hydrogens (primary N) is 1. The van der Waals surface area contributed by atoms with E-state index in [0.717, 1.165) is 12.1 Å². The molecule has 1 aromatic rings. The minimum Gasteiger partial charge on any atom is -0.508 e. The molecule has 10 heteroatoms. The number of nitrogens with one attached hydrogen (secondary N) is 1. The van der Waals surface area contributed by atoms with E-state index in [0.29, 0.717) is 29.8 Å². The topological polar surface area (TPSA) is 170 Å². The van der Waals surface area contributed by atoms with Gasteiger partial charge in [0.2, 0.25) is 5.78 Å². The molecule has 1 aromatic carbocycles. The zero-order valence-corrected chi connectivity index (χ0v) is 22.3. The van der Waals surface area contributed by atoms with Crippen LogP contribution < -0.4 is 11.1 Å². The number of aliphatic hydroxyl groups excluding tert-OH is 2. The molecule has 3 atom stereocenters. The highest BCUT2D eigenvalue weighted by molar-refractivity contribution is 7.97. The number of hydrogen-bond donors (Lipinski definition) is 6. The summed E-state index contributed by atoms with van der Waals surface area (Å²) in [5, 5.41) is 48.1. The molecular weight excluding hydrogens is 496 g/mol. The van der Waals surface area contributed by atoms with Crippen molar-refractivity contribution in [3.8, 4) is 5.75 Å². The van der Waals surface area contributed by atoms with Crippen LogP contribution in [0.4, 0.5) is 0 Å². The highest BCUT2D eigenvalue weighted by atomic mass is 32.2. The van der Waals surface area contributed by atoms with Crippen LogP contribution >= 0.6 is 11.8 Å². The number of hydrogen-bond acceptors (Lipinski definition) is 9. The van der Waals surface area contributed by atoms with Gasteiger partial charge in [-0.1, -0.05) is 20.8 Å². The van der Waals surface area contributed by atoms with Gasteiger partial charge in [0.1, 0.15) is 22.8 Å². The number of aromatic hydroxyl groups is 1. The summed E-state index contributed by atoms with van der Waals surface area (Å²) in [4.78, 5) is 38.0. The number of Topliss-reactive ketones (excluding diaryl/α,β-unsaturated/α-hetero) is 2. The molecule has 1 fully saturated rings. The van der Waals surface area contributed by atoms with Crippen LogP contribution in [0.3, 0.4) is 0 Å². The number of carbonyl (C=O) groups excluding carboxylic acids is 3. The van der Waals surface area contributed by atoms with Crippen molar-refractivity contribution in [2.24, 2.45) is 23.0 Å². The van der Waals surface area contributed by atoms with Crippen LogP contribution in [0.25, 0.3) is 5.76 Å². The summed E-state index contributed by atoms with van der Waals surface area (Å²) in [7, 11) is 0. The molecule has 0 aromatic heterocycles. The van der Waals surface area contributed by atoms with Crippen LogP contribution in [-0.4, -0.2) is 56.3 Å². The third-order valence-corrected chi connectivity index (χ3v) is 8.11. The van der Waals surface area contributed by atoms with Crippen molar-refractivity contribution in [3.05, 3.63) is 45.2 Å². The van der Waals surface area contributed by atoms with E-state index in [-0.39, 0.29) is 35.1 Å². The fourth-order valence-corrected chi connectivity index (χ4v) is 6.35. The molecule has 200 valence electrons. The first kappa shape index (κ1) is 27.2. The Kier molecular flexibility index (Phi) is 6.98. The zero-order valence-electron chi connectivity index (χ0n) is 21.5. The van der Waals surface area contributed by atoms with Crippen molar-refractivity contribution in [2.75, 3.05) is 12.8 Å². The van der Waals surface area contributed by atoms with Crippen molar-refractivity contribution >= 4 is 35.0 Å². The molecular formula is C27H34N2O7S. The van der Waals surface area contributed by atoms with E-state index >= 15 is 0 Å². The monoisotopic (exact) mass is 530 g/mol. The molecule has 37 heavy (non-hydrogen) atoms. The van der Waals surface area contributed by atoms with Gasteiger partial charge < -0.3 is 31.5 Å². The van der Waals surface area contributed by atoms with Gasteiger partial charge in [0, 0.05) is 42.3 Å². The number of ketones is 2. The summed E-state index contributed by atoms with van der Waals surface area (Å²) < 4.78 is 0. The lowest BCUT2D eigenvalue weighted by Crippen LogP contribution is -2.58. The van der Waals surface area contributed by atoms with Gasteiger partial charge >= 0.3 is 0 Å². The SMILES string of the molecule is CSCc1cc(CNCC(C)(C)C)c2c(c1O)C(O)=C1C(=O)[C@]3(O)C(O)=C(C(N)=O)C(=O)CC3CC1C2. The quantitative estimate of drug-likeness (QED) is 0.302. The number of thioether (sulfide) groups is 1. The summed E-state index contributed by atoms with van der Waals surface area (Å²) >= 11 is 1.50. The van der Waals surface area contributed by atoms with Crippen LogP contribution in [0, 0.1) is 17.3 Å². The molecule has 0 heterocycles. The first-order valence-corrected chi connectivity index (χ1v) is 13.6. The second kappa shape index (κ2) is 9.49. The van der Waals surface area contributed by atoms with Gasteiger partial charge in [-0.2, -0.15) is 11.8 Å². The van der Waals surface area contributed by atoms with Gasteiger partial charge in [0.05, 0.1) is 5.56 Å². The normalized spacial score (nSPS) is 25.6. The lowest BCUT2D eigenvalue weighted by Gasteiger charge is -2.46. The van der Waals surface area contributed by atoms with Gasteiger partial charge in [0.25, 0.3) is 5.91 Å². The Morgan fingerprint density at radius 1 is 1.19 bits per heavy atom. The maximum atomic E-state index is 13.7. The summed E-state index contributed by atoms with van der Waals surface area (Å²) in [5.41, 5.74) is 4.15. The summed E-state index contributed by atoms with van der Waals surface area (Å²) in [5.74, 6) is -5.65. The maximum Gasteiger partial charge on any atom is 0.255 e. The molecule has 0 saturated heterocycles. The van der Waals surface area contributed by atoms with E-state index < -0.39 is 52.0 Å². The highest BCUT2D eigenvalue weighted by Gasteiger charge is 2.60. The van der Waals surface area contributed by atoms with Crippen molar-refractivity contribution in [1.29, 1.82) is 0 Å². The second-order valence-electron chi connectivity index (χ2n) is 11.4. The number of rotatable bonds is 6. The van der Waals surface area contributed by atoms with Crippen LogP contribution in [0.2, 0.25) is 0 Å². The average molecular weight is 531 g/mol. The van der Waals surface area contributed by atoms with E-state index in [1.54, 1.807) is 0 Å². The number of carbonyl (C=O) groups is 3. The zero-order chi connectivity index (χ0) is 27.4. The third kappa shape index (κ3) is 4.45. The van der Waals surface area contributed by atoms with Gasteiger partial charge in [-0.05, 0) is 47.6 Å². The number of aliphatic hydroxyl groups is 3. The van der Waals surface area contributed by atoms with Crippen LogP contribution in [0.1, 0.15) is 55.9 Å². The molecule has 1 amide bonds. The largest absolute Gasteiger partial charge is 0.508 e. The fraction of sp³-hybridized carbons (Fsp3) is 0.519. The summed E-state index contributed by atoms with van der Waals surface area (Å²) in [6, 6.07) is 1.91. The van der Waals surface area contributed by atoms with Crippen LogP contribution in [0.5, 0.6) is 5.75 Å². The second-order valence-corrected chi connectivity index (χ2v) is 12.3. The Bertz CT molecular complexity index is 1260. The molecule has 0 radical (unpaired) electrons. The lowest BCUT2D eigenvalue weighted by atomic mass is 9.59. The van der Waals surface area contributed by atoms with Crippen molar-refractivity contribution < 1.29 is 34.8 Å². The number of phenolic OH excluding ortho intramolecular Hbond substituents is 1. The van der Waals surface area contributed by atoms with E-state index in [2.05, 4.69) is 26.1 Å². The Labute approximate surface area is 219 Å². The molecule has 3 aliphatic rings. The Balaban J connectivity index is 1.86. The number of fused-ring (bicyclic) bond motifs is 3. The number of amides is 1. The predicted octanol–water partition coefficient (Wildman–Crippen LogP) is 2.42. The molecule has 9 nitrogen and oxygen atoms in total. The maximum absolute atomic E-state index is 13.7.